The summed E-state index contributed by atoms with van der Waals surface area (Å²) in [7, 11) is -3.59. The zero-order valence-electron chi connectivity index (χ0n) is 11.5. The molecule has 112 valence electrons. The summed E-state index contributed by atoms with van der Waals surface area (Å²) in [5, 5.41) is 0. The van der Waals surface area contributed by atoms with Crippen molar-refractivity contribution in [2.45, 2.75) is 30.7 Å². The van der Waals surface area contributed by atoms with E-state index in [1.807, 2.05) is 0 Å². The summed E-state index contributed by atoms with van der Waals surface area (Å²) < 4.78 is 27.0. The van der Waals surface area contributed by atoms with Gasteiger partial charge in [-0.3, -0.25) is 15.7 Å². The maximum absolute atomic E-state index is 12.2. The van der Waals surface area contributed by atoms with Crippen molar-refractivity contribution in [2.75, 3.05) is 25.1 Å². The number of sulfonamides is 1. The fraction of sp³-hybridized carbons (Fsp3) is 0.583. The molecule has 0 unspecified atom stereocenters. The molecule has 0 saturated heterocycles. The van der Waals surface area contributed by atoms with Crippen LogP contribution in [0.1, 0.15) is 19.8 Å². The third kappa shape index (κ3) is 3.66. The van der Waals surface area contributed by atoms with E-state index in [1.165, 1.54) is 31.3 Å². The van der Waals surface area contributed by atoms with Crippen LogP contribution in [0.5, 0.6) is 0 Å². The molecule has 7 nitrogen and oxygen atoms in total. The van der Waals surface area contributed by atoms with E-state index in [0.29, 0.717) is 24.8 Å². The second kappa shape index (κ2) is 6.49. The summed E-state index contributed by atoms with van der Waals surface area (Å²) in [5.41, 5.74) is 2.71. The molecule has 0 bridgehead atoms. The number of rotatable bonds is 8. The largest absolute Gasteiger partial charge is 0.323 e. The van der Waals surface area contributed by atoms with Gasteiger partial charge < -0.3 is 5.43 Å². The van der Waals surface area contributed by atoms with Gasteiger partial charge in [0.15, 0.2) is 0 Å². The Balaban J connectivity index is 1.96. The van der Waals surface area contributed by atoms with Gasteiger partial charge in [-0.05, 0) is 25.5 Å². The second-order valence-corrected chi connectivity index (χ2v) is 6.51. The summed E-state index contributed by atoms with van der Waals surface area (Å²) in [5.74, 6) is 5.32. The molecular weight excluding hydrogens is 278 g/mol. The standard InChI is InChI=1S/C12H21N5O2S/c1-2-17(10-3-4-10)8-7-15-20(18,19)12-9-14-6-5-11(12)16-13/h5-6,9-10,15H,2-4,7-8,13H2,1H3,(H,14,16). The van der Waals surface area contributed by atoms with Crippen molar-refractivity contribution in [2.24, 2.45) is 5.84 Å². The second-order valence-electron chi connectivity index (χ2n) is 4.77. The summed E-state index contributed by atoms with van der Waals surface area (Å²) in [6.07, 6.45) is 5.20. The van der Waals surface area contributed by atoms with Crippen LogP contribution in [0, 0.1) is 0 Å². The minimum Gasteiger partial charge on any atom is -0.323 e. The van der Waals surface area contributed by atoms with E-state index in [0.717, 1.165) is 6.54 Å². The molecule has 1 aliphatic carbocycles. The van der Waals surface area contributed by atoms with Crippen LogP contribution in [0.4, 0.5) is 5.69 Å². The zero-order chi connectivity index (χ0) is 14.6. The highest BCUT2D eigenvalue weighted by molar-refractivity contribution is 7.89. The fourth-order valence-electron chi connectivity index (χ4n) is 2.15. The van der Waals surface area contributed by atoms with Gasteiger partial charge in [0.1, 0.15) is 4.90 Å². The van der Waals surface area contributed by atoms with E-state index < -0.39 is 10.0 Å². The van der Waals surface area contributed by atoms with Crippen molar-refractivity contribution in [1.82, 2.24) is 14.6 Å². The molecule has 1 aromatic rings. The molecule has 0 radical (unpaired) electrons. The Bertz CT molecular complexity index is 545. The van der Waals surface area contributed by atoms with Gasteiger partial charge in [0.2, 0.25) is 10.0 Å². The minimum atomic E-state index is -3.59. The van der Waals surface area contributed by atoms with Crippen molar-refractivity contribution in [3.8, 4) is 0 Å². The molecule has 1 fully saturated rings. The van der Waals surface area contributed by atoms with Gasteiger partial charge in [-0.2, -0.15) is 0 Å². The average Bonchev–Trinajstić information content (AvgIpc) is 3.28. The van der Waals surface area contributed by atoms with Crippen LogP contribution in [0.15, 0.2) is 23.4 Å². The Kier molecular flexibility index (Phi) is 4.92. The first-order chi connectivity index (χ1) is 9.58. The number of nitrogens with one attached hydrogen (secondary N) is 2. The highest BCUT2D eigenvalue weighted by Gasteiger charge is 2.27. The first-order valence-corrected chi connectivity index (χ1v) is 8.21. The van der Waals surface area contributed by atoms with E-state index in [9.17, 15) is 8.42 Å². The number of hydrogen-bond acceptors (Lipinski definition) is 6. The molecular formula is C12H21N5O2S. The number of hydrogen-bond donors (Lipinski definition) is 3. The highest BCUT2D eigenvalue weighted by atomic mass is 32.2. The lowest BCUT2D eigenvalue weighted by atomic mass is 10.4. The predicted molar refractivity (Wildman–Crippen MR) is 77.5 cm³/mol. The van der Waals surface area contributed by atoms with Gasteiger partial charge in [-0.1, -0.05) is 6.92 Å². The van der Waals surface area contributed by atoms with E-state index >= 15 is 0 Å². The molecule has 0 amide bonds. The van der Waals surface area contributed by atoms with Crippen molar-refractivity contribution >= 4 is 15.7 Å². The van der Waals surface area contributed by atoms with Crippen molar-refractivity contribution in [3.05, 3.63) is 18.5 Å². The quantitative estimate of drug-likeness (QED) is 0.466. The Morgan fingerprint density at radius 2 is 2.25 bits per heavy atom. The van der Waals surface area contributed by atoms with Crippen molar-refractivity contribution in [1.29, 1.82) is 0 Å². The number of nitrogens with zero attached hydrogens (tertiary/aromatic N) is 2. The van der Waals surface area contributed by atoms with Crippen LogP contribution in [-0.4, -0.2) is 44.0 Å². The fourth-order valence-corrected chi connectivity index (χ4v) is 3.28. The van der Waals surface area contributed by atoms with Gasteiger partial charge in [0.25, 0.3) is 0 Å². The van der Waals surface area contributed by atoms with Crippen LogP contribution in [0.2, 0.25) is 0 Å². The summed E-state index contributed by atoms with van der Waals surface area (Å²) in [6.45, 7) is 4.12. The number of pyridine rings is 1. The van der Waals surface area contributed by atoms with E-state index in [4.69, 9.17) is 5.84 Å². The molecule has 2 rings (SSSR count). The lowest BCUT2D eigenvalue weighted by molar-refractivity contribution is 0.282. The van der Waals surface area contributed by atoms with Crippen LogP contribution < -0.4 is 16.0 Å². The smallest absolute Gasteiger partial charge is 0.244 e. The van der Waals surface area contributed by atoms with Crippen molar-refractivity contribution < 1.29 is 8.42 Å². The molecule has 0 atom stereocenters. The van der Waals surface area contributed by atoms with Crippen molar-refractivity contribution in [3.63, 3.8) is 0 Å². The number of nitrogens with two attached hydrogens (primary N) is 1. The SMILES string of the molecule is CCN(CCNS(=O)(=O)c1cnccc1NN)C1CC1. The third-order valence-electron chi connectivity index (χ3n) is 3.39. The molecule has 0 aromatic carbocycles. The molecule has 1 aromatic heterocycles. The Hall–Kier alpha value is -1.22. The molecule has 1 aliphatic rings. The predicted octanol–water partition coefficient (Wildman–Crippen LogP) is 0.130. The van der Waals surface area contributed by atoms with Gasteiger partial charge in [-0.15, -0.1) is 0 Å². The lowest BCUT2D eigenvalue weighted by Gasteiger charge is -2.20. The van der Waals surface area contributed by atoms with Crippen LogP contribution in [0.3, 0.4) is 0 Å². The molecule has 1 saturated carbocycles. The number of aromatic nitrogens is 1. The first kappa shape index (κ1) is 15.2. The van der Waals surface area contributed by atoms with E-state index in [1.54, 1.807) is 0 Å². The highest BCUT2D eigenvalue weighted by Crippen LogP contribution is 2.26. The first-order valence-electron chi connectivity index (χ1n) is 6.73. The summed E-state index contributed by atoms with van der Waals surface area (Å²) >= 11 is 0. The van der Waals surface area contributed by atoms with Crippen LogP contribution in [0.25, 0.3) is 0 Å². The van der Waals surface area contributed by atoms with E-state index in [2.05, 4.69) is 27.0 Å². The van der Waals surface area contributed by atoms with Gasteiger partial charge in [0.05, 0.1) is 5.69 Å². The normalized spacial score (nSPS) is 15.6. The molecule has 1 heterocycles. The molecule has 0 aliphatic heterocycles. The Morgan fingerprint density at radius 3 is 2.85 bits per heavy atom. The maximum Gasteiger partial charge on any atom is 0.244 e. The third-order valence-corrected chi connectivity index (χ3v) is 4.88. The Morgan fingerprint density at radius 1 is 1.50 bits per heavy atom. The van der Waals surface area contributed by atoms with Gasteiger partial charge >= 0.3 is 0 Å². The monoisotopic (exact) mass is 299 g/mol. The number of nitrogen functional groups attached to an aromatic ring is 1. The van der Waals surface area contributed by atoms with Gasteiger partial charge in [0, 0.05) is 31.5 Å². The molecule has 0 spiro atoms. The number of anilines is 1. The Labute approximate surface area is 119 Å². The summed E-state index contributed by atoms with van der Waals surface area (Å²) in [4.78, 5) is 6.18. The zero-order valence-corrected chi connectivity index (χ0v) is 12.4. The van der Waals surface area contributed by atoms with Crippen LogP contribution in [-0.2, 0) is 10.0 Å². The number of likely N-dealkylation sites (N-methyl/N-ethyl adjacent to an activating group) is 1. The topological polar surface area (TPSA) is 100 Å². The van der Waals surface area contributed by atoms with Crippen LogP contribution >= 0.6 is 0 Å². The average molecular weight is 299 g/mol. The lowest BCUT2D eigenvalue weighted by Crippen LogP contribution is -2.36. The molecule has 8 heteroatoms. The minimum absolute atomic E-state index is 0.0666. The molecule has 20 heavy (non-hydrogen) atoms. The summed E-state index contributed by atoms with van der Waals surface area (Å²) in [6, 6.07) is 2.15. The van der Waals surface area contributed by atoms with E-state index in [-0.39, 0.29) is 4.90 Å². The number of hydrazine groups is 1. The van der Waals surface area contributed by atoms with Gasteiger partial charge in [-0.25, -0.2) is 13.1 Å². The maximum atomic E-state index is 12.2. The molecule has 4 N–H and O–H groups in total.